The summed E-state index contributed by atoms with van der Waals surface area (Å²) >= 11 is 1.63. The van der Waals surface area contributed by atoms with Crippen molar-refractivity contribution in [1.29, 1.82) is 0 Å². The fourth-order valence-corrected chi connectivity index (χ4v) is 2.81. The first-order valence-electron chi connectivity index (χ1n) is 5.17. The molecule has 0 aliphatic carbocycles. The fraction of sp³-hybridized carbons (Fsp3) is 0. The Bertz CT molecular complexity index is 673. The smallest absolute Gasteiger partial charge is 0.124 e. The van der Waals surface area contributed by atoms with Crippen LogP contribution in [0.25, 0.3) is 20.5 Å². The van der Waals surface area contributed by atoms with E-state index in [0.717, 1.165) is 20.5 Å². The Hall–Kier alpha value is -2.07. The Kier molecular flexibility index (Phi) is 2.23. The normalized spacial score (nSPS) is 10.8. The molecule has 0 saturated carbocycles. The Morgan fingerprint density at radius 3 is 2.76 bits per heavy atom. The number of nitrogens with two attached hydrogens (primary N) is 1. The number of aromatic nitrogens is 1. The van der Waals surface area contributed by atoms with E-state index in [9.17, 15) is 5.11 Å². The molecule has 0 radical (unpaired) electrons. The van der Waals surface area contributed by atoms with Crippen LogP contribution in [-0.4, -0.2) is 10.1 Å². The quantitative estimate of drug-likeness (QED) is 0.688. The Labute approximate surface area is 102 Å². The van der Waals surface area contributed by atoms with E-state index in [1.807, 2.05) is 24.3 Å². The average Bonchev–Trinajstić information content (AvgIpc) is 2.75. The third-order valence-electron chi connectivity index (χ3n) is 2.61. The monoisotopic (exact) mass is 242 g/mol. The number of hydrogen-bond acceptors (Lipinski definition) is 4. The largest absolute Gasteiger partial charge is 0.507 e. The third kappa shape index (κ3) is 1.72. The molecule has 0 bridgehead atoms. The van der Waals surface area contributed by atoms with Crippen molar-refractivity contribution < 1.29 is 5.11 Å². The number of phenols is 1. The number of rotatable bonds is 1. The van der Waals surface area contributed by atoms with E-state index < -0.39 is 0 Å². The second kappa shape index (κ2) is 3.75. The van der Waals surface area contributed by atoms with E-state index in [1.54, 1.807) is 29.7 Å². The number of nitrogen functional groups attached to an aromatic ring is 1. The highest BCUT2D eigenvalue weighted by Gasteiger charge is 2.07. The molecule has 17 heavy (non-hydrogen) atoms. The first-order chi connectivity index (χ1) is 8.24. The predicted molar refractivity (Wildman–Crippen MR) is 71.1 cm³/mol. The second-order valence-electron chi connectivity index (χ2n) is 3.77. The number of anilines is 1. The van der Waals surface area contributed by atoms with Crippen molar-refractivity contribution in [2.24, 2.45) is 0 Å². The zero-order chi connectivity index (χ0) is 11.8. The molecule has 2 aromatic heterocycles. The number of aromatic hydroxyl groups is 1. The van der Waals surface area contributed by atoms with E-state index >= 15 is 0 Å². The van der Waals surface area contributed by atoms with Gasteiger partial charge in [0.1, 0.15) is 11.6 Å². The van der Waals surface area contributed by atoms with Gasteiger partial charge < -0.3 is 10.8 Å². The van der Waals surface area contributed by atoms with Crippen LogP contribution in [0.15, 0.2) is 42.6 Å². The summed E-state index contributed by atoms with van der Waals surface area (Å²) in [5.74, 6) is 0.825. The SMILES string of the molecule is Nc1ccc(-c2cc3c(O)cccc3s2)cn1. The molecule has 0 spiro atoms. The molecular weight excluding hydrogens is 232 g/mol. The van der Waals surface area contributed by atoms with Gasteiger partial charge in [0.25, 0.3) is 0 Å². The molecule has 3 aromatic rings. The van der Waals surface area contributed by atoms with Gasteiger partial charge in [0.05, 0.1) is 0 Å². The summed E-state index contributed by atoms with van der Waals surface area (Å²) < 4.78 is 1.07. The molecule has 0 aliphatic rings. The van der Waals surface area contributed by atoms with Crippen LogP contribution < -0.4 is 5.73 Å². The van der Waals surface area contributed by atoms with Crippen molar-refractivity contribution >= 4 is 27.2 Å². The van der Waals surface area contributed by atoms with Crippen LogP contribution in [0.1, 0.15) is 0 Å². The highest BCUT2D eigenvalue weighted by atomic mass is 32.1. The fourth-order valence-electron chi connectivity index (χ4n) is 1.74. The summed E-state index contributed by atoms with van der Waals surface area (Å²) in [6.07, 6.45) is 1.75. The molecule has 84 valence electrons. The van der Waals surface area contributed by atoms with Gasteiger partial charge in [0.15, 0.2) is 0 Å². The predicted octanol–water partition coefficient (Wildman–Crippen LogP) is 3.25. The minimum absolute atomic E-state index is 0.313. The molecule has 0 amide bonds. The zero-order valence-electron chi connectivity index (χ0n) is 8.92. The number of hydrogen-bond donors (Lipinski definition) is 2. The third-order valence-corrected chi connectivity index (χ3v) is 3.76. The van der Waals surface area contributed by atoms with Crippen molar-refractivity contribution in [2.75, 3.05) is 5.73 Å². The first-order valence-corrected chi connectivity index (χ1v) is 5.99. The Morgan fingerprint density at radius 2 is 2.06 bits per heavy atom. The number of fused-ring (bicyclic) bond motifs is 1. The van der Waals surface area contributed by atoms with Gasteiger partial charge in [-0.25, -0.2) is 4.98 Å². The first kappa shape index (κ1) is 10.1. The molecule has 3 rings (SSSR count). The maximum atomic E-state index is 9.75. The minimum atomic E-state index is 0.313. The summed E-state index contributed by atoms with van der Waals surface area (Å²) in [7, 11) is 0. The maximum absolute atomic E-state index is 9.75. The molecule has 3 nitrogen and oxygen atoms in total. The molecule has 0 aliphatic heterocycles. The average molecular weight is 242 g/mol. The maximum Gasteiger partial charge on any atom is 0.124 e. The standard InChI is InChI=1S/C13H10N2OS/c14-13-5-4-8(7-15-13)12-6-9-10(16)2-1-3-11(9)17-12/h1-7,16H,(H2,14,15). The number of nitrogens with zero attached hydrogens (tertiary/aromatic N) is 1. The minimum Gasteiger partial charge on any atom is -0.507 e. The molecule has 1 aromatic carbocycles. The van der Waals surface area contributed by atoms with Crippen molar-refractivity contribution in [3.63, 3.8) is 0 Å². The lowest BCUT2D eigenvalue weighted by Gasteiger charge is -1.96. The van der Waals surface area contributed by atoms with Gasteiger partial charge in [-0.1, -0.05) is 6.07 Å². The van der Waals surface area contributed by atoms with Crippen LogP contribution in [0.4, 0.5) is 5.82 Å². The van der Waals surface area contributed by atoms with Crippen LogP contribution in [0.2, 0.25) is 0 Å². The number of phenolic OH excluding ortho intramolecular Hbond substituents is 1. The van der Waals surface area contributed by atoms with E-state index in [0.29, 0.717) is 11.6 Å². The number of pyridine rings is 1. The van der Waals surface area contributed by atoms with Gasteiger partial charge >= 0.3 is 0 Å². The van der Waals surface area contributed by atoms with E-state index in [1.165, 1.54) is 0 Å². The van der Waals surface area contributed by atoms with Gasteiger partial charge in [-0.05, 0) is 30.3 Å². The number of benzene rings is 1. The molecule has 2 heterocycles. The molecule has 0 saturated heterocycles. The molecule has 0 unspecified atom stereocenters. The Balaban J connectivity index is 2.18. The zero-order valence-corrected chi connectivity index (χ0v) is 9.74. The van der Waals surface area contributed by atoms with Gasteiger partial charge in [-0.15, -0.1) is 11.3 Å². The molecule has 3 N–H and O–H groups in total. The summed E-state index contributed by atoms with van der Waals surface area (Å²) in [6, 6.07) is 11.2. The lowest BCUT2D eigenvalue weighted by Crippen LogP contribution is -1.87. The molecule has 4 heteroatoms. The van der Waals surface area contributed by atoms with Crippen LogP contribution in [0.3, 0.4) is 0 Å². The van der Waals surface area contributed by atoms with E-state index in [4.69, 9.17) is 5.73 Å². The summed E-state index contributed by atoms with van der Waals surface area (Å²) in [5.41, 5.74) is 6.57. The van der Waals surface area contributed by atoms with Gasteiger partial charge in [0.2, 0.25) is 0 Å². The van der Waals surface area contributed by atoms with E-state index in [2.05, 4.69) is 4.98 Å². The van der Waals surface area contributed by atoms with Crippen molar-refractivity contribution in [3.8, 4) is 16.2 Å². The Morgan fingerprint density at radius 1 is 1.18 bits per heavy atom. The van der Waals surface area contributed by atoms with Crippen LogP contribution in [0.5, 0.6) is 5.75 Å². The highest BCUT2D eigenvalue weighted by Crippen LogP contribution is 2.37. The highest BCUT2D eigenvalue weighted by molar-refractivity contribution is 7.22. The molecule has 0 atom stereocenters. The van der Waals surface area contributed by atoms with Crippen molar-refractivity contribution in [2.45, 2.75) is 0 Å². The van der Waals surface area contributed by atoms with Crippen molar-refractivity contribution in [1.82, 2.24) is 4.98 Å². The van der Waals surface area contributed by atoms with Crippen LogP contribution in [0, 0.1) is 0 Å². The lowest BCUT2D eigenvalue weighted by atomic mass is 10.2. The van der Waals surface area contributed by atoms with Crippen LogP contribution in [-0.2, 0) is 0 Å². The topological polar surface area (TPSA) is 59.1 Å². The number of thiophene rings is 1. The molecule has 0 fully saturated rings. The van der Waals surface area contributed by atoms with Gasteiger partial charge in [-0.3, -0.25) is 0 Å². The molecular formula is C13H10N2OS. The summed E-state index contributed by atoms with van der Waals surface area (Å²) in [4.78, 5) is 5.15. The second-order valence-corrected chi connectivity index (χ2v) is 4.86. The van der Waals surface area contributed by atoms with Gasteiger partial charge in [0, 0.05) is 26.7 Å². The van der Waals surface area contributed by atoms with Crippen LogP contribution >= 0.6 is 11.3 Å². The lowest BCUT2D eigenvalue weighted by molar-refractivity contribution is 0.482. The van der Waals surface area contributed by atoms with Gasteiger partial charge in [-0.2, -0.15) is 0 Å². The van der Waals surface area contributed by atoms with E-state index in [-0.39, 0.29) is 0 Å². The summed E-state index contributed by atoms with van der Waals surface area (Å²) in [5, 5.41) is 10.6. The van der Waals surface area contributed by atoms with Crippen molar-refractivity contribution in [3.05, 3.63) is 42.6 Å². The summed E-state index contributed by atoms with van der Waals surface area (Å²) in [6.45, 7) is 0.